The van der Waals surface area contributed by atoms with E-state index in [-0.39, 0.29) is 11.5 Å². The van der Waals surface area contributed by atoms with E-state index in [0.29, 0.717) is 11.1 Å². The average Bonchev–Trinajstić information content (AvgIpc) is 2.28. The first-order valence-electron chi connectivity index (χ1n) is 5.30. The molecule has 1 aromatic carbocycles. The molecule has 18 heavy (non-hydrogen) atoms. The van der Waals surface area contributed by atoms with Gasteiger partial charge in [0.2, 0.25) is 0 Å². The summed E-state index contributed by atoms with van der Waals surface area (Å²) in [5, 5.41) is 8.46. The third-order valence-electron chi connectivity index (χ3n) is 2.28. The van der Waals surface area contributed by atoms with Crippen molar-refractivity contribution in [3.63, 3.8) is 0 Å². The Balaban J connectivity index is 3.16. The normalized spacial score (nSPS) is 10.7. The van der Waals surface area contributed by atoms with Crippen LogP contribution in [-0.4, -0.2) is 26.7 Å². The Labute approximate surface area is 106 Å². The molecule has 0 unspecified atom stereocenters. The smallest absolute Gasteiger partial charge is 0.338 e. The highest BCUT2D eigenvalue weighted by Gasteiger charge is 2.18. The topological polar surface area (TPSA) is 84.2 Å². The molecule has 0 heterocycles. The van der Waals surface area contributed by atoms with E-state index >= 15 is 0 Å². The van der Waals surface area contributed by atoms with Crippen LogP contribution in [0.4, 0.5) is 0 Å². The molecule has 0 aliphatic heterocycles. The highest BCUT2D eigenvalue weighted by Crippen LogP contribution is 2.18. The Morgan fingerprint density at radius 1 is 1.44 bits per heavy atom. The Kier molecular flexibility index (Phi) is 4.45. The van der Waals surface area contributed by atoms with E-state index in [0.717, 1.165) is 0 Å². The van der Waals surface area contributed by atoms with Crippen LogP contribution >= 0.6 is 0 Å². The fourth-order valence-electron chi connectivity index (χ4n) is 1.50. The summed E-state index contributed by atoms with van der Waals surface area (Å²) in [5.41, 5.74) is 0.723. The van der Waals surface area contributed by atoms with Crippen LogP contribution in [0, 0.1) is 18.3 Å². The van der Waals surface area contributed by atoms with Gasteiger partial charge in [-0.15, -0.1) is 0 Å². The average molecular weight is 267 g/mol. The molecule has 1 aromatic rings. The first-order chi connectivity index (χ1) is 8.42. The van der Waals surface area contributed by atoms with Crippen LogP contribution in [0.2, 0.25) is 0 Å². The van der Waals surface area contributed by atoms with Crippen molar-refractivity contribution in [2.45, 2.75) is 18.7 Å². The fourth-order valence-corrected chi connectivity index (χ4v) is 2.65. The number of ether oxygens (including phenoxy) is 1. The van der Waals surface area contributed by atoms with Gasteiger partial charge < -0.3 is 4.74 Å². The standard InChI is InChI=1S/C12H13NO4S/c1-3-17-12(14)10-4-5-11(9(2)8-10)18(15,16)7-6-13/h4-5,8H,3,7H2,1-2H3. The number of nitrogens with zero attached hydrogens (tertiary/aromatic N) is 1. The van der Waals surface area contributed by atoms with E-state index in [1.54, 1.807) is 19.9 Å². The van der Waals surface area contributed by atoms with E-state index in [2.05, 4.69) is 0 Å². The molecule has 0 aliphatic carbocycles. The predicted octanol–water partition coefficient (Wildman–Crippen LogP) is 1.47. The van der Waals surface area contributed by atoms with E-state index in [1.165, 1.54) is 18.2 Å². The number of hydrogen-bond donors (Lipinski definition) is 0. The van der Waals surface area contributed by atoms with Crippen molar-refractivity contribution in [2.75, 3.05) is 12.4 Å². The van der Waals surface area contributed by atoms with Crippen molar-refractivity contribution in [1.82, 2.24) is 0 Å². The molecule has 0 bridgehead atoms. The number of sulfone groups is 1. The number of carbonyl (C=O) groups is 1. The predicted molar refractivity (Wildman–Crippen MR) is 64.8 cm³/mol. The Morgan fingerprint density at radius 2 is 2.11 bits per heavy atom. The van der Waals surface area contributed by atoms with Crippen molar-refractivity contribution in [1.29, 1.82) is 5.26 Å². The van der Waals surface area contributed by atoms with Gasteiger partial charge in [0.05, 0.1) is 23.1 Å². The zero-order valence-electron chi connectivity index (χ0n) is 10.1. The largest absolute Gasteiger partial charge is 0.462 e. The van der Waals surface area contributed by atoms with Crippen molar-refractivity contribution in [3.8, 4) is 6.07 Å². The van der Waals surface area contributed by atoms with Crippen LogP contribution < -0.4 is 0 Å². The molecule has 0 aromatic heterocycles. The van der Waals surface area contributed by atoms with Gasteiger partial charge in [0, 0.05) is 0 Å². The minimum Gasteiger partial charge on any atom is -0.462 e. The molecule has 1 rings (SSSR count). The van der Waals surface area contributed by atoms with Crippen LogP contribution in [0.15, 0.2) is 23.1 Å². The van der Waals surface area contributed by atoms with Gasteiger partial charge in [-0.2, -0.15) is 5.26 Å². The molecule has 0 N–H and O–H groups in total. The monoisotopic (exact) mass is 267 g/mol. The van der Waals surface area contributed by atoms with Gasteiger partial charge >= 0.3 is 5.97 Å². The van der Waals surface area contributed by atoms with Crippen molar-refractivity contribution < 1.29 is 17.9 Å². The fraction of sp³-hybridized carbons (Fsp3) is 0.333. The molecule has 96 valence electrons. The zero-order chi connectivity index (χ0) is 13.8. The number of carbonyl (C=O) groups excluding carboxylic acids is 1. The van der Waals surface area contributed by atoms with E-state index in [9.17, 15) is 13.2 Å². The summed E-state index contributed by atoms with van der Waals surface area (Å²) in [6, 6.07) is 5.77. The third-order valence-corrected chi connectivity index (χ3v) is 3.91. The SMILES string of the molecule is CCOC(=O)c1ccc(S(=O)(=O)CC#N)c(C)c1. The van der Waals surface area contributed by atoms with Crippen molar-refractivity contribution >= 4 is 15.8 Å². The quantitative estimate of drug-likeness (QED) is 0.771. The minimum atomic E-state index is -3.61. The van der Waals surface area contributed by atoms with Gasteiger partial charge in [-0.05, 0) is 37.6 Å². The Bertz CT molecular complexity index is 599. The molecule has 0 spiro atoms. The molecular formula is C12H13NO4S. The summed E-state index contributed by atoms with van der Waals surface area (Å²) in [6.45, 7) is 3.52. The molecule has 0 saturated heterocycles. The lowest BCUT2D eigenvalue weighted by molar-refractivity contribution is 0.0526. The number of aryl methyl sites for hydroxylation is 1. The van der Waals surface area contributed by atoms with Crippen LogP contribution in [0.25, 0.3) is 0 Å². The summed E-state index contributed by atoms with van der Waals surface area (Å²) in [4.78, 5) is 11.5. The molecule has 5 nitrogen and oxygen atoms in total. The lowest BCUT2D eigenvalue weighted by atomic mass is 10.1. The van der Waals surface area contributed by atoms with E-state index < -0.39 is 21.6 Å². The maximum Gasteiger partial charge on any atom is 0.338 e. The summed E-state index contributed by atoms with van der Waals surface area (Å²) in [5.74, 6) is -1.07. The van der Waals surface area contributed by atoms with Crippen LogP contribution in [-0.2, 0) is 14.6 Å². The van der Waals surface area contributed by atoms with Crippen LogP contribution in [0.1, 0.15) is 22.8 Å². The lowest BCUT2D eigenvalue weighted by Gasteiger charge is -2.07. The number of esters is 1. The summed E-state index contributed by atoms with van der Waals surface area (Å²) >= 11 is 0. The maximum absolute atomic E-state index is 11.7. The highest BCUT2D eigenvalue weighted by molar-refractivity contribution is 7.91. The summed E-state index contributed by atoms with van der Waals surface area (Å²) < 4.78 is 28.3. The molecular weight excluding hydrogens is 254 g/mol. The number of benzene rings is 1. The Morgan fingerprint density at radius 3 is 2.61 bits per heavy atom. The second kappa shape index (κ2) is 5.65. The molecule has 0 atom stereocenters. The number of rotatable bonds is 4. The molecule has 0 fully saturated rings. The lowest BCUT2D eigenvalue weighted by Crippen LogP contribution is -2.09. The summed E-state index contributed by atoms with van der Waals surface area (Å²) in [6.07, 6.45) is 0. The zero-order valence-corrected chi connectivity index (χ0v) is 11.0. The van der Waals surface area contributed by atoms with Gasteiger partial charge in [-0.25, -0.2) is 13.2 Å². The minimum absolute atomic E-state index is 0.0668. The van der Waals surface area contributed by atoms with Crippen molar-refractivity contribution in [3.05, 3.63) is 29.3 Å². The summed E-state index contributed by atoms with van der Waals surface area (Å²) in [7, 11) is -3.61. The van der Waals surface area contributed by atoms with Gasteiger partial charge in [0.25, 0.3) is 0 Å². The van der Waals surface area contributed by atoms with E-state index in [4.69, 9.17) is 10.00 Å². The van der Waals surface area contributed by atoms with Crippen molar-refractivity contribution in [2.24, 2.45) is 0 Å². The van der Waals surface area contributed by atoms with Gasteiger partial charge in [-0.1, -0.05) is 0 Å². The highest BCUT2D eigenvalue weighted by atomic mass is 32.2. The second-order valence-corrected chi connectivity index (χ2v) is 5.58. The van der Waals surface area contributed by atoms with Crippen LogP contribution in [0.3, 0.4) is 0 Å². The molecule has 0 saturated carbocycles. The second-order valence-electron chi connectivity index (χ2n) is 3.62. The van der Waals surface area contributed by atoms with Crippen LogP contribution in [0.5, 0.6) is 0 Å². The molecule has 0 amide bonds. The maximum atomic E-state index is 11.7. The first kappa shape index (κ1) is 14.2. The van der Waals surface area contributed by atoms with E-state index in [1.807, 2.05) is 0 Å². The third kappa shape index (κ3) is 3.08. The molecule has 0 radical (unpaired) electrons. The van der Waals surface area contributed by atoms with Gasteiger partial charge in [0.15, 0.2) is 9.84 Å². The van der Waals surface area contributed by atoms with Gasteiger partial charge in [-0.3, -0.25) is 0 Å². The molecule has 6 heteroatoms. The number of hydrogen-bond acceptors (Lipinski definition) is 5. The molecule has 0 aliphatic rings. The number of nitriles is 1. The van der Waals surface area contributed by atoms with Gasteiger partial charge in [0.1, 0.15) is 5.75 Å². The Hall–Kier alpha value is -1.87. The first-order valence-corrected chi connectivity index (χ1v) is 6.95.